The molecule has 88 valence electrons. The summed E-state index contributed by atoms with van der Waals surface area (Å²) in [5, 5.41) is 9.14. The Morgan fingerprint density at radius 1 is 1.56 bits per heavy atom. The maximum atomic E-state index is 11.2. The van der Waals surface area contributed by atoms with Gasteiger partial charge in [-0.1, -0.05) is 0 Å². The Bertz CT molecular complexity index is 410. The molecule has 16 heavy (non-hydrogen) atoms. The molecule has 0 aliphatic carbocycles. The van der Waals surface area contributed by atoms with E-state index in [1.54, 1.807) is 6.07 Å². The van der Waals surface area contributed by atoms with Gasteiger partial charge in [-0.05, 0) is 28.9 Å². The van der Waals surface area contributed by atoms with Gasteiger partial charge < -0.3 is 10.0 Å². The van der Waals surface area contributed by atoms with E-state index in [9.17, 15) is 9.59 Å². The van der Waals surface area contributed by atoms with Crippen molar-refractivity contribution in [2.24, 2.45) is 0 Å². The summed E-state index contributed by atoms with van der Waals surface area (Å²) < 4.78 is 0.871. The van der Waals surface area contributed by atoms with Gasteiger partial charge >= 0.3 is 5.97 Å². The van der Waals surface area contributed by atoms with Crippen molar-refractivity contribution >= 4 is 39.1 Å². The van der Waals surface area contributed by atoms with Gasteiger partial charge in [0.1, 0.15) is 0 Å². The van der Waals surface area contributed by atoms with Crippen LogP contribution in [0.1, 0.15) is 22.7 Å². The van der Waals surface area contributed by atoms with Crippen LogP contribution in [0.5, 0.6) is 0 Å². The minimum Gasteiger partial charge on any atom is -0.479 e. The number of amides is 1. The molecule has 0 fully saturated rings. The van der Waals surface area contributed by atoms with Gasteiger partial charge in [0.2, 0.25) is 5.91 Å². The summed E-state index contributed by atoms with van der Waals surface area (Å²) in [4.78, 5) is 25.2. The highest BCUT2D eigenvalue weighted by molar-refractivity contribution is 9.10. The molecular formula is C10H12BrNO3S. The van der Waals surface area contributed by atoms with Crippen molar-refractivity contribution in [1.82, 2.24) is 4.90 Å². The predicted molar refractivity (Wildman–Crippen MR) is 65.6 cm³/mol. The molecular weight excluding hydrogens is 294 g/mol. The first-order valence-electron chi connectivity index (χ1n) is 4.56. The lowest BCUT2D eigenvalue weighted by molar-refractivity contribution is -0.148. The average Bonchev–Trinajstić information content (AvgIpc) is 2.45. The molecule has 0 aliphatic rings. The molecule has 0 aromatic carbocycles. The van der Waals surface area contributed by atoms with E-state index >= 15 is 0 Å². The fraction of sp³-hybridized carbons (Fsp3) is 0.400. The molecule has 0 aliphatic heterocycles. The van der Waals surface area contributed by atoms with Crippen LogP contribution >= 0.6 is 27.3 Å². The Balaban J connectivity index is 3.12. The molecule has 1 N–H and O–H groups in total. The minimum atomic E-state index is -1.02. The summed E-state index contributed by atoms with van der Waals surface area (Å²) in [5.74, 6) is -1.29. The first kappa shape index (κ1) is 13.2. The zero-order valence-electron chi connectivity index (χ0n) is 9.15. The molecule has 1 amide bonds. The van der Waals surface area contributed by atoms with Crippen LogP contribution in [0, 0.1) is 6.92 Å². The number of likely N-dealkylation sites (N-methyl/N-ethyl adjacent to an activating group) is 1. The summed E-state index contributed by atoms with van der Waals surface area (Å²) >= 11 is 4.71. The lowest BCUT2D eigenvalue weighted by atomic mass is 10.2. The normalized spacial score (nSPS) is 12.2. The van der Waals surface area contributed by atoms with Gasteiger partial charge in [0, 0.05) is 28.2 Å². The van der Waals surface area contributed by atoms with Crippen LogP contribution in [-0.4, -0.2) is 28.9 Å². The second-order valence-electron chi connectivity index (χ2n) is 3.42. The van der Waals surface area contributed by atoms with E-state index in [2.05, 4.69) is 15.9 Å². The van der Waals surface area contributed by atoms with E-state index in [0.717, 1.165) is 9.35 Å². The van der Waals surface area contributed by atoms with Gasteiger partial charge in [-0.25, -0.2) is 4.79 Å². The van der Waals surface area contributed by atoms with Crippen molar-refractivity contribution in [2.75, 3.05) is 7.05 Å². The molecule has 1 heterocycles. The van der Waals surface area contributed by atoms with Crippen molar-refractivity contribution < 1.29 is 14.7 Å². The van der Waals surface area contributed by atoms with Gasteiger partial charge in [0.15, 0.2) is 6.04 Å². The SMILES string of the molecule is CC(=O)N(C)C(C(=O)O)c1cc(Br)c(C)s1. The topological polar surface area (TPSA) is 57.6 Å². The molecule has 1 atom stereocenters. The first-order chi connectivity index (χ1) is 7.34. The number of thiophene rings is 1. The highest BCUT2D eigenvalue weighted by Gasteiger charge is 2.28. The zero-order chi connectivity index (χ0) is 12.5. The molecule has 6 heteroatoms. The van der Waals surface area contributed by atoms with Crippen LogP contribution in [0.25, 0.3) is 0 Å². The Kier molecular flexibility index (Phi) is 4.09. The van der Waals surface area contributed by atoms with E-state index < -0.39 is 12.0 Å². The van der Waals surface area contributed by atoms with Gasteiger partial charge in [-0.3, -0.25) is 4.79 Å². The van der Waals surface area contributed by atoms with Crippen LogP contribution < -0.4 is 0 Å². The molecule has 0 radical (unpaired) electrons. The van der Waals surface area contributed by atoms with Gasteiger partial charge in [0.25, 0.3) is 0 Å². The molecule has 4 nitrogen and oxygen atoms in total. The van der Waals surface area contributed by atoms with E-state index in [0.29, 0.717) is 4.88 Å². The van der Waals surface area contributed by atoms with Crippen molar-refractivity contribution in [3.05, 3.63) is 20.3 Å². The Morgan fingerprint density at radius 3 is 2.44 bits per heavy atom. The van der Waals surface area contributed by atoms with Gasteiger partial charge in [-0.15, -0.1) is 11.3 Å². The number of carboxylic acid groups (broad SMARTS) is 1. The Hall–Kier alpha value is -0.880. The third-order valence-electron chi connectivity index (χ3n) is 2.26. The van der Waals surface area contributed by atoms with Crippen molar-refractivity contribution in [2.45, 2.75) is 19.9 Å². The summed E-state index contributed by atoms with van der Waals surface area (Å²) in [6.45, 7) is 3.25. The van der Waals surface area contributed by atoms with Crippen molar-refractivity contribution in [1.29, 1.82) is 0 Å². The largest absolute Gasteiger partial charge is 0.479 e. The minimum absolute atomic E-state index is 0.269. The molecule has 1 rings (SSSR count). The standard InChI is InChI=1S/C10H12BrNO3S/c1-5-7(11)4-8(16-5)9(10(14)15)12(3)6(2)13/h4,9H,1-3H3,(H,14,15). The molecule has 0 bridgehead atoms. The van der Waals surface area contributed by atoms with Gasteiger partial charge in [0.05, 0.1) is 0 Å². The number of halogens is 1. The molecule has 0 spiro atoms. The van der Waals surface area contributed by atoms with E-state index in [1.807, 2.05) is 6.92 Å². The number of carboxylic acids is 1. The number of carbonyl (C=O) groups is 2. The molecule has 1 unspecified atom stereocenters. The number of hydrogen-bond acceptors (Lipinski definition) is 3. The summed E-state index contributed by atoms with van der Waals surface area (Å²) in [5.41, 5.74) is 0. The van der Waals surface area contributed by atoms with Crippen LogP contribution in [-0.2, 0) is 9.59 Å². The molecule has 0 saturated carbocycles. The average molecular weight is 306 g/mol. The fourth-order valence-corrected chi connectivity index (χ4v) is 2.97. The number of rotatable bonds is 3. The van der Waals surface area contributed by atoms with Crippen LogP contribution in [0.15, 0.2) is 10.5 Å². The predicted octanol–water partition coefficient (Wildman–Crippen LogP) is 2.42. The van der Waals surface area contributed by atoms with Crippen molar-refractivity contribution in [3.8, 4) is 0 Å². The highest BCUT2D eigenvalue weighted by Crippen LogP contribution is 2.33. The third-order valence-corrected chi connectivity index (χ3v) is 4.45. The van der Waals surface area contributed by atoms with E-state index in [1.165, 1.54) is 30.2 Å². The summed E-state index contributed by atoms with van der Waals surface area (Å²) in [6, 6.07) is 0.839. The summed E-state index contributed by atoms with van der Waals surface area (Å²) in [7, 11) is 1.49. The van der Waals surface area contributed by atoms with E-state index in [-0.39, 0.29) is 5.91 Å². The maximum absolute atomic E-state index is 11.2. The number of aliphatic carboxylic acids is 1. The highest BCUT2D eigenvalue weighted by atomic mass is 79.9. The van der Waals surface area contributed by atoms with Crippen LogP contribution in [0.3, 0.4) is 0 Å². The lowest BCUT2D eigenvalue weighted by Crippen LogP contribution is -2.33. The Labute approximate surface area is 106 Å². The second-order valence-corrected chi connectivity index (χ2v) is 5.57. The number of hydrogen-bond donors (Lipinski definition) is 1. The number of aryl methyl sites for hydroxylation is 1. The first-order valence-corrected chi connectivity index (χ1v) is 6.17. The Morgan fingerprint density at radius 2 is 2.12 bits per heavy atom. The number of carbonyl (C=O) groups excluding carboxylic acids is 1. The van der Waals surface area contributed by atoms with E-state index in [4.69, 9.17) is 5.11 Å². The van der Waals surface area contributed by atoms with Crippen molar-refractivity contribution in [3.63, 3.8) is 0 Å². The quantitative estimate of drug-likeness (QED) is 0.933. The maximum Gasteiger partial charge on any atom is 0.331 e. The van der Waals surface area contributed by atoms with Gasteiger partial charge in [-0.2, -0.15) is 0 Å². The monoisotopic (exact) mass is 305 g/mol. The lowest BCUT2D eigenvalue weighted by Gasteiger charge is -2.22. The van der Waals surface area contributed by atoms with Crippen LogP contribution in [0.2, 0.25) is 0 Å². The third kappa shape index (κ3) is 2.62. The van der Waals surface area contributed by atoms with Crippen LogP contribution in [0.4, 0.5) is 0 Å². The molecule has 0 saturated heterocycles. The molecule has 1 aromatic heterocycles. The molecule has 1 aromatic rings. The zero-order valence-corrected chi connectivity index (χ0v) is 11.6. The smallest absolute Gasteiger partial charge is 0.331 e. The summed E-state index contributed by atoms with van der Waals surface area (Å²) in [6.07, 6.45) is 0. The fourth-order valence-electron chi connectivity index (χ4n) is 1.28. The second kappa shape index (κ2) is 4.97. The number of nitrogens with zero attached hydrogens (tertiary/aromatic N) is 1.